The van der Waals surface area contributed by atoms with Crippen LogP contribution in [0.4, 0.5) is 0 Å². The van der Waals surface area contributed by atoms with E-state index in [2.05, 4.69) is 5.32 Å². The molecule has 0 aromatic rings. The van der Waals surface area contributed by atoms with Crippen molar-refractivity contribution in [1.29, 1.82) is 0 Å². The maximum Gasteiger partial charge on any atom is 0.326 e. The van der Waals surface area contributed by atoms with Crippen LogP contribution in [-0.2, 0) is 19.2 Å². The Kier molecular flexibility index (Phi) is 6.86. The average molecular weight is 378 g/mol. The molecule has 1 rings (SSSR count). The Morgan fingerprint density at radius 3 is 2.44 bits per heavy atom. The molecule has 0 saturated heterocycles. The second kappa shape index (κ2) is 8.30. The van der Waals surface area contributed by atoms with Gasteiger partial charge in [0, 0.05) is 17.9 Å². The number of carboxylic acids is 1. The van der Waals surface area contributed by atoms with Crippen molar-refractivity contribution >= 4 is 23.6 Å². The van der Waals surface area contributed by atoms with Gasteiger partial charge in [-0.25, -0.2) is 4.79 Å². The number of aliphatic carboxylic acids is 1. The highest BCUT2D eigenvalue weighted by Crippen LogP contribution is 2.44. The summed E-state index contributed by atoms with van der Waals surface area (Å²) in [5.41, 5.74) is 3.83. The largest absolute Gasteiger partial charge is 0.480 e. The van der Waals surface area contributed by atoms with E-state index in [0.717, 1.165) is 6.08 Å². The molecule has 5 N–H and O–H groups in total. The van der Waals surface area contributed by atoms with Gasteiger partial charge in [-0.05, 0) is 37.1 Å². The Balaban J connectivity index is 2.96. The topological polar surface area (TPSA) is 147 Å². The molecule has 1 aliphatic carbocycles. The standard InChI is InChI=1S/C19H26N2O6/c1-11(7-16(24)21-14(17(25)26)9-15(20)23)5-6-19(27)12(2)8-13(22)10-18(19,3)4/h5-8,14,27H,9-10H2,1-4H3,(H2,20,23)(H,21,24)(H,25,26)/b6-5+,11-7-/t14-,19+/m0/s1. The van der Waals surface area contributed by atoms with Crippen LogP contribution in [0.2, 0.25) is 0 Å². The molecule has 0 saturated carbocycles. The highest BCUT2D eigenvalue weighted by Gasteiger charge is 2.46. The number of rotatable bonds is 7. The molecule has 8 heteroatoms. The number of primary amides is 1. The number of amides is 2. The molecule has 0 spiro atoms. The molecule has 0 fully saturated rings. The molecule has 0 heterocycles. The molecule has 0 aromatic carbocycles. The molecule has 1 aliphatic rings. The van der Waals surface area contributed by atoms with Gasteiger partial charge in [0.1, 0.15) is 11.6 Å². The van der Waals surface area contributed by atoms with Crippen LogP contribution in [0.3, 0.4) is 0 Å². The van der Waals surface area contributed by atoms with E-state index < -0.39 is 41.3 Å². The molecular weight excluding hydrogens is 352 g/mol. The Bertz CT molecular complexity index is 747. The Morgan fingerprint density at radius 2 is 1.96 bits per heavy atom. The van der Waals surface area contributed by atoms with Crippen molar-refractivity contribution in [3.05, 3.63) is 35.5 Å². The minimum absolute atomic E-state index is 0.0589. The average Bonchev–Trinajstić information content (AvgIpc) is 2.49. The van der Waals surface area contributed by atoms with Crippen LogP contribution in [0.25, 0.3) is 0 Å². The van der Waals surface area contributed by atoms with Gasteiger partial charge in [0.15, 0.2) is 5.78 Å². The molecular formula is C19H26N2O6. The summed E-state index contributed by atoms with van der Waals surface area (Å²) in [5, 5.41) is 22.2. The lowest BCUT2D eigenvalue weighted by Crippen LogP contribution is -2.48. The normalized spacial score (nSPS) is 23.7. The zero-order chi connectivity index (χ0) is 21.0. The molecule has 0 bridgehead atoms. The van der Waals surface area contributed by atoms with Crippen molar-refractivity contribution in [1.82, 2.24) is 5.32 Å². The van der Waals surface area contributed by atoms with Crippen LogP contribution in [0, 0.1) is 5.41 Å². The van der Waals surface area contributed by atoms with Gasteiger partial charge in [-0.2, -0.15) is 0 Å². The fourth-order valence-electron chi connectivity index (χ4n) is 2.99. The van der Waals surface area contributed by atoms with E-state index in [1.54, 1.807) is 27.7 Å². The van der Waals surface area contributed by atoms with E-state index in [1.807, 2.05) is 0 Å². The third kappa shape index (κ3) is 5.62. The van der Waals surface area contributed by atoms with E-state index in [-0.39, 0.29) is 12.2 Å². The Labute approximate surface area is 157 Å². The number of aliphatic hydroxyl groups is 1. The maximum atomic E-state index is 12.0. The molecule has 8 nitrogen and oxygen atoms in total. The zero-order valence-corrected chi connectivity index (χ0v) is 15.9. The van der Waals surface area contributed by atoms with Gasteiger partial charge in [-0.1, -0.05) is 19.9 Å². The first-order valence-electron chi connectivity index (χ1n) is 8.41. The highest BCUT2D eigenvalue weighted by atomic mass is 16.4. The third-order valence-electron chi connectivity index (χ3n) is 4.59. The van der Waals surface area contributed by atoms with Crippen molar-refractivity contribution in [2.75, 3.05) is 0 Å². The maximum absolute atomic E-state index is 12.0. The van der Waals surface area contributed by atoms with Crippen LogP contribution < -0.4 is 11.1 Å². The summed E-state index contributed by atoms with van der Waals surface area (Å²) in [5.74, 6) is -2.98. The van der Waals surface area contributed by atoms with E-state index in [4.69, 9.17) is 10.8 Å². The summed E-state index contributed by atoms with van der Waals surface area (Å²) < 4.78 is 0. The minimum atomic E-state index is -1.42. The van der Waals surface area contributed by atoms with Crippen molar-refractivity contribution in [3.63, 3.8) is 0 Å². The summed E-state index contributed by atoms with van der Waals surface area (Å²) in [6, 6.07) is -1.42. The minimum Gasteiger partial charge on any atom is -0.480 e. The molecule has 27 heavy (non-hydrogen) atoms. The summed E-state index contributed by atoms with van der Waals surface area (Å²) >= 11 is 0. The number of carboxylic acid groups (broad SMARTS) is 1. The van der Waals surface area contributed by atoms with Gasteiger partial charge in [-0.15, -0.1) is 0 Å². The fourth-order valence-corrected chi connectivity index (χ4v) is 2.99. The Hall–Kier alpha value is -2.74. The number of hydrogen-bond donors (Lipinski definition) is 4. The smallest absolute Gasteiger partial charge is 0.326 e. The second-order valence-electron chi connectivity index (χ2n) is 7.41. The summed E-state index contributed by atoms with van der Waals surface area (Å²) in [4.78, 5) is 45.6. The van der Waals surface area contributed by atoms with E-state index >= 15 is 0 Å². The van der Waals surface area contributed by atoms with Gasteiger partial charge in [0.2, 0.25) is 11.8 Å². The number of nitrogens with two attached hydrogens (primary N) is 1. The van der Waals surface area contributed by atoms with E-state index in [9.17, 15) is 24.3 Å². The molecule has 2 atom stereocenters. The lowest BCUT2D eigenvalue weighted by molar-refractivity contribution is -0.142. The SMILES string of the molecule is CC1=CC(=O)CC(C)(C)[C@@]1(O)/C=C/C(C)=C\C(=O)N[C@@H](CC(N)=O)C(=O)O. The van der Waals surface area contributed by atoms with E-state index in [0.29, 0.717) is 11.1 Å². The first kappa shape index (κ1) is 22.3. The Morgan fingerprint density at radius 1 is 1.37 bits per heavy atom. The number of carbonyl (C=O) groups excluding carboxylic acids is 3. The molecule has 2 amide bonds. The number of allylic oxidation sites excluding steroid dienone is 3. The van der Waals surface area contributed by atoms with Gasteiger partial charge < -0.3 is 21.3 Å². The first-order chi connectivity index (χ1) is 12.3. The van der Waals surface area contributed by atoms with Crippen molar-refractivity contribution in [3.8, 4) is 0 Å². The number of carbonyl (C=O) groups is 4. The van der Waals surface area contributed by atoms with Crippen molar-refractivity contribution < 1.29 is 29.4 Å². The van der Waals surface area contributed by atoms with E-state index in [1.165, 1.54) is 18.2 Å². The number of hydrogen-bond acceptors (Lipinski definition) is 5. The van der Waals surface area contributed by atoms with Crippen LogP contribution in [-0.4, -0.2) is 45.4 Å². The molecule has 0 aliphatic heterocycles. The lowest BCUT2D eigenvalue weighted by atomic mass is 9.64. The van der Waals surface area contributed by atoms with Gasteiger partial charge in [-0.3, -0.25) is 14.4 Å². The van der Waals surface area contributed by atoms with Crippen LogP contribution in [0.1, 0.15) is 40.5 Å². The predicted octanol–water partition coefficient (Wildman–Crippen LogP) is 0.610. The molecule has 0 unspecified atom stereocenters. The van der Waals surface area contributed by atoms with Crippen LogP contribution in [0.5, 0.6) is 0 Å². The number of ketones is 1. The van der Waals surface area contributed by atoms with Gasteiger partial charge in [0.05, 0.1) is 6.42 Å². The summed E-state index contributed by atoms with van der Waals surface area (Å²) in [6.07, 6.45) is 5.26. The summed E-state index contributed by atoms with van der Waals surface area (Å²) in [6.45, 7) is 6.82. The second-order valence-corrected chi connectivity index (χ2v) is 7.41. The fraction of sp³-hybridized carbons (Fsp3) is 0.474. The van der Waals surface area contributed by atoms with Crippen LogP contribution >= 0.6 is 0 Å². The first-order valence-corrected chi connectivity index (χ1v) is 8.41. The van der Waals surface area contributed by atoms with Crippen molar-refractivity contribution in [2.24, 2.45) is 11.1 Å². The van der Waals surface area contributed by atoms with Gasteiger partial charge in [0.25, 0.3) is 0 Å². The monoisotopic (exact) mass is 378 g/mol. The number of nitrogens with one attached hydrogen (secondary N) is 1. The predicted molar refractivity (Wildman–Crippen MR) is 98.4 cm³/mol. The van der Waals surface area contributed by atoms with Gasteiger partial charge >= 0.3 is 5.97 Å². The highest BCUT2D eigenvalue weighted by molar-refractivity contribution is 5.94. The summed E-state index contributed by atoms with van der Waals surface area (Å²) in [7, 11) is 0. The third-order valence-corrected chi connectivity index (χ3v) is 4.59. The lowest BCUT2D eigenvalue weighted by Gasteiger charge is -2.44. The molecule has 148 valence electrons. The molecule has 0 aromatic heterocycles. The zero-order valence-electron chi connectivity index (χ0n) is 15.9. The van der Waals surface area contributed by atoms with Crippen LogP contribution in [0.15, 0.2) is 35.5 Å². The van der Waals surface area contributed by atoms with Crippen molar-refractivity contribution in [2.45, 2.75) is 52.2 Å². The molecule has 0 radical (unpaired) electrons. The quantitative estimate of drug-likeness (QED) is 0.377.